The van der Waals surface area contributed by atoms with Crippen LogP contribution in [0, 0.1) is 0 Å². The van der Waals surface area contributed by atoms with Crippen LogP contribution in [0.15, 0.2) is 0 Å². The third-order valence-corrected chi connectivity index (χ3v) is 3.26. The molecule has 0 saturated heterocycles. The Labute approximate surface area is 69.4 Å². The van der Waals surface area contributed by atoms with Gasteiger partial charge in [-0.1, -0.05) is 13.3 Å². The van der Waals surface area contributed by atoms with Crippen molar-refractivity contribution < 1.29 is 8.42 Å². The topological polar surface area (TPSA) is 37.4 Å². The zero-order valence-corrected chi connectivity index (χ0v) is 8.48. The highest BCUT2D eigenvalue weighted by Crippen LogP contribution is 2.06. The van der Waals surface area contributed by atoms with E-state index in [9.17, 15) is 8.42 Å². The Morgan fingerprint density at radius 1 is 1.45 bits per heavy atom. The summed E-state index contributed by atoms with van der Waals surface area (Å²) >= 11 is 0. The number of hydrogen-bond donors (Lipinski definition) is 0. The molecular weight excluding hydrogens is 162 g/mol. The van der Waals surface area contributed by atoms with Gasteiger partial charge in [0.1, 0.15) is 0 Å². The van der Waals surface area contributed by atoms with Gasteiger partial charge in [0.15, 0.2) is 0 Å². The second kappa shape index (κ2) is 4.07. The molecule has 0 heterocycles. The van der Waals surface area contributed by atoms with Gasteiger partial charge >= 0.3 is 0 Å². The zero-order chi connectivity index (χ0) is 9.07. The Hall–Kier alpha value is -0.0900. The van der Waals surface area contributed by atoms with E-state index < -0.39 is 10.0 Å². The maximum atomic E-state index is 11.0. The Bertz CT molecular complexity index is 198. The van der Waals surface area contributed by atoms with Crippen molar-refractivity contribution in [1.82, 2.24) is 4.31 Å². The summed E-state index contributed by atoms with van der Waals surface area (Å²) < 4.78 is 23.4. The number of sulfonamides is 1. The lowest BCUT2D eigenvalue weighted by atomic mass is 10.2. The Morgan fingerprint density at radius 2 is 1.91 bits per heavy atom. The molecular formula is C7H17NO2S. The largest absolute Gasteiger partial charge is 0.213 e. The summed E-state index contributed by atoms with van der Waals surface area (Å²) in [5.74, 6) is 0. The fraction of sp³-hybridized carbons (Fsp3) is 1.00. The molecule has 0 aliphatic rings. The van der Waals surface area contributed by atoms with Crippen LogP contribution in [0.4, 0.5) is 0 Å². The lowest BCUT2D eigenvalue weighted by molar-refractivity contribution is 0.371. The average Bonchev–Trinajstić information content (AvgIpc) is 1.85. The van der Waals surface area contributed by atoms with Crippen molar-refractivity contribution in [3.05, 3.63) is 0 Å². The number of hydrogen-bond acceptors (Lipinski definition) is 2. The SMILES string of the molecule is CCCC(C)N(C)S(C)(=O)=O. The van der Waals surface area contributed by atoms with E-state index in [1.165, 1.54) is 10.6 Å². The third kappa shape index (κ3) is 3.72. The molecule has 4 heteroatoms. The molecule has 0 rings (SSSR count). The molecule has 0 aromatic rings. The predicted octanol–water partition coefficient (Wildman–Crippen LogP) is 1.07. The second-order valence-electron chi connectivity index (χ2n) is 2.92. The van der Waals surface area contributed by atoms with Crippen LogP contribution in [0.25, 0.3) is 0 Å². The zero-order valence-electron chi connectivity index (χ0n) is 7.66. The molecule has 68 valence electrons. The fourth-order valence-electron chi connectivity index (χ4n) is 0.926. The Balaban J connectivity index is 4.14. The van der Waals surface area contributed by atoms with Crippen molar-refractivity contribution in [2.45, 2.75) is 32.7 Å². The first-order valence-electron chi connectivity index (χ1n) is 3.82. The van der Waals surface area contributed by atoms with Crippen molar-refractivity contribution in [2.75, 3.05) is 13.3 Å². The molecule has 0 aliphatic carbocycles. The fourth-order valence-corrected chi connectivity index (χ4v) is 1.69. The van der Waals surface area contributed by atoms with E-state index in [-0.39, 0.29) is 6.04 Å². The normalized spacial score (nSPS) is 15.4. The highest BCUT2D eigenvalue weighted by molar-refractivity contribution is 7.88. The highest BCUT2D eigenvalue weighted by Gasteiger charge is 2.16. The van der Waals surface area contributed by atoms with Crippen LogP contribution in [0.2, 0.25) is 0 Å². The molecule has 11 heavy (non-hydrogen) atoms. The van der Waals surface area contributed by atoms with Crippen LogP contribution < -0.4 is 0 Å². The van der Waals surface area contributed by atoms with Crippen LogP contribution in [-0.4, -0.2) is 32.1 Å². The van der Waals surface area contributed by atoms with Gasteiger partial charge in [-0.15, -0.1) is 0 Å². The molecule has 0 radical (unpaired) electrons. The average molecular weight is 179 g/mol. The predicted molar refractivity (Wildman–Crippen MR) is 47.0 cm³/mol. The first-order chi connectivity index (χ1) is 4.89. The van der Waals surface area contributed by atoms with Crippen molar-refractivity contribution in [3.8, 4) is 0 Å². The molecule has 0 saturated carbocycles. The van der Waals surface area contributed by atoms with E-state index >= 15 is 0 Å². The van der Waals surface area contributed by atoms with Gasteiger partial charge < -0.3 is 0 Å². The smallest absolute Gasteiger partial charge is 0.211 e. The second-order valence-corrected chi connectivity index (χ2v) is 4.96. The molecule has 1 atom stereocenters. The maximum Gasteiger partial charge on any atom is 0.211 e. The molecule has 0 bridgehead atoms. The quantitative estimate of drug-likeness (QED) is 0.647. The molecule has 0 aromatic heterocycles. The van der Waals surface area contributed by atoms with Gasteiger partial charge in [0.2, 0.25) is 10.0 Å². The molecule has 0 spiro atoms. The van der Waals surface area contributed by atoms with Crippen molar-refractivity contribution in [2.24, 2.45) is 0 Å². The van der Waals surface area contributed by atoms with Crippen molar-refractivity contribution in [3.63, 3.8) is 0 Å². The van der Waals surface area contributed by atoms with E-state index in [0.717, 1.165) is 12.8 Å². The Morgan fingerprint density at radius 3 is 2.18 bits per heavy atom. The summed E-state index contributed by atoms with van der Waals surface area (Å²) in [5.41, 5.74) is 0. The van der Waals surface area contributed by atoms with E-state index in [1.807, 2.05) is 13.8 Å². The molecule has 0 N–H and O–H groups in total. The van der Waals surface area contributed by atoms with Gasteiger partial charge in [-0.2, -0.15) is 0 Å². The minimum Gasteiger partial charge on any atom is -0.213 e. The number of nitrogens with zero attached hydrogens (tertiary/aromatic N) is 1. The van der Waals surface area contributed by atoms with Gasteiger partial charge in [-0.3, -0.25) is 0 Å². The number of rotatable bonds is 4. The summed E-state index contributed by atoms with van der Waals surface area (Å²) in [4.78, 5) is 0. The van der Waals surface area contributed by atoms with E-state index in [0.29, 0.717) is 0 Å². The van der Waals surface area contributed by atoms with Crippen LogP contribution in [0.1, 0.15) is 26.7 Å². The molecule has 0 aromatic carbocycles. The summed E-state index contributed by atoms with van der Waals surface area (Å²) in [7, 11) is -1.37. The molecule has 0 amide bonds. The van der Waals surface area contributed by atoms with Gasteiger partial charge in [0.05, 0.1) is 6.26 Å². The van der Waals surface area contributed by atoms with Crippen LogP contribution in [0.5, 0.6) is 0 Å². The highest BCUT2D eigenvalue weighted by atomic mass is 32.2. The summed E-state index contributed by atoms with van der Waals surface area (Å²) in [5, 5.41) is 0. The van der Waals surface area contributed by atoms with Crippen molar-refractivity contribution in [1.29, 1.82) is 0 Å². The van der Waals surface area contributed by atoms with Gasteiger partial charge in [0.25, 0.3) is 0 Å². The minimum absolute atomic E-state index is 0.120. The standard InChI is InChI=1S/C7H17NO2S/c1-5-6-7(2)8(3)11(4,9)10/h7H,5-6H2,1-4H3. The molecule has 1 unspecified atom stereocenters. The van der Waals surface area contributed by atoms with Gasteiger partial charge in [-0.25, -0.2) is 12.7 Å². The monoisotopic (exact) mass is 179 g/mol. The lowest BCUT2D eigenvalue weighted by Gasteiger charge is -2.21. The first-order valence-corrected chi connectivity index (χ1v) is 5.67. The summed E-state index contributed by atoms with van der Waals surface area (Å²) in [6.07, 6.45) is 3.17. The lowest BCUT2D eigenvalue weighted by Crippen LogP contribution is -2.33. The first kappa shape index (κ1) is 10.9. The van der Waals surface area contributed by atoms with E-state index in [4.69, 9.17) is 0 Å². The molecule has 3 nitrogen and oxygen atoms in total. The van der Waals surface area contributed by atoms with Gasteiger partial charge in [0, 0.05) is 13.1 Å². The van der Waals surface area contributed by atoms with E-state index in [1.54, 1.807) is 7.05 Å². The van der Waals surface area contributed by atoms with Gasteiger partial charge in [-0.05, 0) is 13.3 Å². The maximum absolute atomic E-state index is 11.0. The van der Waals surface area contributed by atoms with Crippen LogP contribution in [-0.2, 0) is 10.0 Å². The molecule has 0 fully saturated rings. The minimum atomic E-state index is -2.99. The summed E-state index contributed by atoms with van der Waals surface area (Å²) in [6.45, 7) is 3.97. The summed E-state index contributed by atoms with van der Waals surface area (Å²) in [6, 6.07) is 0.120. The van der Waals surface area contributed by atoms with Crippen LogP contribution >= 0.6 is 0 Å². The molecule has 0 aliphatic heterocycles. The Kier molecular flexibility index (Phi) is 4.03. The van der Waals surface area contributed by atoms with Crippen molar-refractivity contribution >= 4 is 10.0 Å². The third-order valence-electron chi connectivity index (χ3n) is 1.85. The van der Waals surface area contributed by atoms with Crippen LogP contribution in [0.3, 0.4) is 0 Å². The van der Waals surface area contributed by atoms with E-state index in [2.05, 4.69) is 0 Å².